The Labute approximate surface area is 155 Å². The van der Waals surface area contributed by atoms with E-state index in [1.165, 1.54) is 7.11 Å². The Hall–Kier alpha value is -2.81. The normalized spacial score (nSPS) is 10.7. The second-order valence-corrected chi connectivity index (χ2v) is 6.63. The first kappa shape index (κ1) is 18.0. The van der Waals surface area contributed by atoms with Crippen LogP contribution in [0, 0.1) is 6.92 Å². The lowest BCUT2D eigenvalue weighted by molar-refractivity contribution is 0.0953. The maximum absolute atomic E-state index is 12.5. The quantitative estimate of drug-likeness (QED) is 0.681. The molecule has 0 atom stereocenters. The van der Waals surface area contributed by atoms with E-state index in [-0.39, 0.29) is 5.91 Å². The number of nitrogens with zero attached hydrogens (tertiary/aromatic N) is 5. The molecule has 3 heterocycles. The molecule has 0 bridgehead atoms. The van der Waals surface area contributed by atoms with Gasteiger partial charge in [-0.3, -0.25) is 4.79 Å². The molecular formula is C17H20N6O2S. The molecule has 1 N–H and O–H groups in total. The Bertz CT molecular complexity index is 887. The lowest BCUT2D eigenvalue weighted by atomic mass is 10.2. The fourth-order valence-corrected chi connectivity index (χ4v) is 3.21. The number of amides is 1. The minimum atomic E-state index is -0.151. The van der Waals surface area contributed by atoms with Gasteiger partial charge in [-0.25, -0.2) is 9.67 Å². The molecule has 26 heavy (non-hydrogen) atoms. The fraction of sp³-hybridized carbons (Fsp3) is 0.353. The summed E-state index contributed by atoms with van der Waals surface area (Å²) in [5.41, 5.74) is 2.32. The average Bonchev–Trinajstić information content (AvgIpc) is 3.27. The van der Waals surface area contributed by atoms with E-state index in [1.54, 1.807) is 34.3 Å². The van der Waals surface area contributed by atoms with E-state index in [4.69, 9.17) is 4.74 Å². The summed E-state index contributed by atoms with van der Waals surface area (Å²) in [7, 11) is 1.53. The zero-order chi connectivity index (χ0) is 18.5. The second kappa shape index (κ2) is 8.05. The van der Waals surface area contributed by atoms with Crippen LogP contribution < -0.4 is 10.1 Å². The van der Waals surface area contributed by atoms with Crippen LogP contribution in [0.4, 0.5) is 0 Å². The van der Waals surface area contributed by atoms with Gasteiger partial charge in [-0.05, 0) is 19.4 Å². The number of carbonyl (C=O) groups is 1. The Kier molecular flexibility index (Phi) is 5.57. The van der Waals surface area contributed by atoms with E-state index in [0.717, 1.165) is 16.4 Å². The summed E-state index contributed by atoms with van der Waals surface area (Å²) in [6, 6.07) is 3.46. The predicted octanol–water partition coefficient (Wildman–Crippen LogP) is 1.97. The van der Waals surface area contributed by atoms with Crippen molar-refractivity contribution in [3.63, 3.8) is 0 Å². The molecule has 3 aromatic heterocycles. The molecule has 9 heteroatoms. The van der Waals surface area contributed by atoms with Crippen molar-refractivity contribution in [2.45, 2.75) is 26.7 Å². The lowest BCUT2D eigenvalue weighted by Crippen LogP contribution is -2.26. The molecule has 0 aliphatic rings. The summed E-state index contributed by atoms with van der Waals surface area (Å²) in [4.78, 5) is 16.9. The first-order valence-corrected chi connectivity index (χ1v) is 9.14. The SMILES string of the molecule is CCc1c(C(=O)NCCc2csc(C)n2)cnn1-c1ccc(OC)nn1. The summed E-state index contributed by atoms with van der Waals surface area (Å²) < 4.78 is 6.65. The van der Waals surface area contributed by atoms with E-state index in [0.29, 0.717) is 36.6 Å². The molecule has 0 saturated carbocycles. The predicted molar refractivity (Wildman–Crippen MR) is 98.0 cm³/mol. The summed E-state index contributed by atoms with van der Waals surface area (Å²) in [6.45, 7) is 4.47. The van der Waals surface area contributed by atoms with Crippen molar-refractivity contribution in [1.29, 1.82) is 0 Å². The molecule has 8 nitrogen and oxygen atoms in total. The minimum Gasteiger partial charge on any atom is -0.480 e. The fourth-order valence-electron chi connectivity index (χ4n) is 2.56. The van der Waals surface area contributed by atoms with Gasteiger partial charge in [0.1, 0.15) is 0 Å². The zero-order valence-corrected chi connectivity index (χ0v) is 15.7. The highest BCUT2D eigenvalue weighted by molar-refractivity contribution is 7.09. The van der Waals surface area contributed by atoms with E-state index >= 15 is 0 Å². The number of carbonyl (C=O) groups excluding carboxylic acids is 1. The van der Waals surface area contributed by atoms with Gasteiger partial charge in [-0.2, -0.15) is 5.10 Å². The van der Waals surface area contributed by atoms with Crippen LogP contribution in [0.25, 0.3) is 5.82 Å². The van der Waals surface area contributed by atoms with Crippen molar-refractivity contribution >= 4 is 17.2 Å². The maximum atomic E-state index is 12.5. The van der Waals surface area contributed by atoms with Crippen LogP contribution in [-0.2, 0) is 12.8 Å². The van der Waals surface area contributed by atoms with Crippen molar-refractivity contribution < 1.29 is 9.53 Å². The van der Waals surface area contributed by atoms with Crippen LogP contribution in [0.5, 0.6) is 5.88 Å². The average molecular weight is 372 g/mol. The highest BCUT2D eigenvalue weighted by Gasteiger charge is 2.18. The van der Waals surface area contributed by atoms with E-state index in [1.807, 2.05) is 19.2 Å². The second-order valence-electron chi connectivity index (χ2n) is 5.57. The Balaban J connectivity index is 1.71. The topological polar surface area (TPSA) is 94.8 Å². The number of thiazole rings is 1. The van der Waals surface area contributed by atoms with Crippen molar-refractivity contribution in [3.05, 3.63) is 45.7 Å². The standard InChI is InChI=1S/C17H20N6O2S/c1-4-14-13(17(24)18-8-7-12-10-26-11(2)20-12)9-19-23(14)15-5-6-16(25-3)22-21-15/h5-6,9-10H,4,7-8H2,1-3H3,(H,18,24). The van der Waals surface area contributed by atoms with Crippen molar-refractivity contribution in [1.82, 2.24) is 30.3 Å². The lowest BCUT2D eigenvalue weighted by Gasteiger charge is -2.07. The molecule has 0 saturated heterocycles. The molecule has 0 aromatic carbocycles. The van der Waals surface area contributed by atoms with Crippen molar-refractivity contribution in [2.75, 3.05) is 13.7 Å². The monoisotopic (exact) mass is 372 g/mol. The van der Waals surface area contributed by atoms with E-state index in [2.05, 4.69) is 25.6 Å². The first-order valence-electron chi connectivity index (χ1n) is 8.26. The highest BCUT2D eigenvalue weighted by atomic mass is 32.1. The van der Waals surface area contributed by atoms with Gasteiger partial charge < -0.3 is 10.1 Å². The van der Waals surface area contributed by atoms with Gasteiger partial charge in [-0.15, -0.1) is 21.5 Å². The number of ether oxygens (including phenoxy) is 1. The molecule has 1 amide bonds. The Morgan fingerprint density at radius 2 is 2.19 bits per heavy atom. The van der Waals surface area contributed by atoms with Crippen molar-refractivity contribution in [3.8, 4) is 11.7 Å². The number of rotatable bonds is 7. The zero-order valence-electron chi connectivity index (χ0n) is 14.9. The number of hydrogen-bond donors (Lipinski definition) is 1. The molecule has 0 fully saturated rings. The van der Waals surface area contributed by atoms with Gasteiger partial charge >= 0.3 is 0 Å². The van der Waals surface area contributed by atoms with Gasteiger partial charge in [0, 0.05) is 24.4 Å². The number of aryl methyl sites for hydroxylation is 1. The van der Waals surface area contributed by atoms with Crippen LogP contribution >= 0.6 is 11.3 Å². The van der Waals surface area contributed by atoms with Crippen molar-refractivity contribution in [2.24, 2.45) is 0 Å². The van der Waals surface area contributed by atoms with Crippen LogP contribution in [0.3, 0.4) is 0 Å². The largest absolute Gasteiger partial charge is 0.480 e. The molecular weight excluding hydrogens is 352 g/mol. The molecule has 0 aliphatic heterocycles. The smallest absolute Gasteiger partial charge is 0.254 e. The summed E-state index contributed by atoms with van der Waals surface area (Å²) >= 11 is 1.61. The Morgan fingerprint density at radius 1 is 1.35 bits per heavy atom. The van der Waals surface area contributed by atoms with Crippen LogP contribution in [-0.4, -0.2) is 44.5 Å². The summed E-state index contributed by atoms with van der Waals surface area (Å²) in [5, 5.41) is 18.3. The summed E-state index contributed by atoms with van der Waals surface area (Å²) in [5.74, 6) is 0.815. The minimum absolute atomic E-state index is 0.151. The van der Waals surface area contributed by atoms with E-state index < -0.39 is 0 Å². The van der Waals surface area contributed by atoms with Gasteiger partial charge in [0.15, 0.2) is 5.82 Å². The van der Waals surface area contributed by atoms with Crippen LogP contribution in [0.2, 0.25) is 0 Å². The number of methoxy groups -OCH3 is 1. The molecule has 3 rings (SSSR count). The molecule has 0 radical (unpaired) electrons. The van der Waals surface area contributed by atoms with E-state index in [9.17, 15) is 4.79 Å². The first-order chi connectivity index (χ1) is 12.6. The van der Waals surface area contributed by atoms with Gasteiger partial charge in [0.2, 0.25) is 5.88 Å². The molecule has 0 unspecified atom stereocenters. The van der Waals surface area contributed by atoms with Gasteiger partial charge in [0.25, 0.3) is 5.91 Å². The number of hydrogen-bond acceptors (Lipinski definition) is 7. The Morgan fingerprint density at radius 3 is 2.81 bits per heavy atom. The number of aromatic nitrogens is 5. The van der Waals surface area contributed by atoms with Gasteiger partial charge in [-0.1, -0.05) is 6.92 Å². The molecule has 3 aromatic rings. The third-order valence-corrected chi connectivity index (χ3v) is 4.66. The maximum Gasteiger partial charge on any atom is 0.254 e. The van der Waals surface area contributed by atoms with Crippen LogP contribution in [0.15, 0.2) is 23.7 Å². The molecule has 0 aliphatic carbocycles. The highest BCUT2D eigenvalue weighted by Crippen LogP contribution is 2.15. The third-order valence-electron chi connectivity index (χ3n) is 3.83. The summed E-state index contributed by atoms with van der Waals surface area (Å²) in [6.07, 6.45) is 2.91. The molecule has 0 spiro atoms. The van der Waals surface area contributed by atoms with Crippen LogP contribution in [0.1, 0.15) is 33.7 Å². The molecule has 136 valence electrons. The van der Waals surface area contributed by atoms with Gasteiger partial charge in [0.05, 0.1) is 35.3 Å². The number of nitrogens with one attached hydrogen (secondary N) is 1. The third kappa shape index (κ3) is 3.88.